The van der Waals surface area contributed by atoms with Crippen molar-refractivity contribution < 1.29 is 9.59 Å². The van der Waals surface area contributed by atoms with Crippen LogP contribution in [0, 0.1) is 11.3 Å². The second-order valence-electron chi connectivity index (χ2n) is 11.5. The van der Waals surface area contributed by atoms with Gasteiger partial charge in [0.2, 0.25) is 5.91 Å². The molecule has 0 spiro atoms. The largest absolute Gasteiger partial charge is 0.340 e. The molecule has 6 heteroatoms. The fourth-order valence-electron chi connectivity index (χ4n) is 5.88. The topological polar surface area (TPSA) is 61.4 Å². The molecule has 4 rings (SSSR count). The minimum atomic E-state index is -0.553. The Hall–Kier alpha value is -2.37. The minimum Gasteiger partial charge on any atom is -0.340 e. The molecule has 2 aromatic rings. The molecule has 0 saturated carbocycles. The summed E-state index contributed by atoms with van der Waals surface area (Å²) < 4.78 is 0. The number of rotatable bonds is 6. The molecule has 0 bridgehead atoms. The molecular weight excluding hydrogens is 470 g/mol. The summed E-state index contributed by atoms with van der Waals surface area (Å²) in [6.07, 6.45) is 3.05. The molecule has 194 valence electrons. The number of piperidine rings is 2. The molecule has 0 aromatic heterocycles. The highest BCUT2D eigenvalue weighted by atomic mass is 35.5. The molecule has 2 aliphatic rings. The van der Waals surface area contributed by atoms with Crippen LogP contribution in [0.25, 0.3) is 0 Å². The lowest BCUT2D eigenvalue weighted by atomic mass is 9.70. The molecule has 2 atom stereocenters. The molecule has 2 aromatic carbocycles. The van der Waals surface area contributed by atoms with E-state index in [-0.39, 0.29) is 23.1 Å². The Morgan fingerprint density at radius 3 is 2.36 bits per heavy atom. The van der Waals surface area contributed by atoms with Gasteiger partial charge in [0, 0.05) is 23.7 Å². The van der Waals surface area contributed by atoms with Gasteiger partial charge in [-0.2, -0.15) is 0 Å². The number of amides is 2. The Morgan fingerprint density at radius 1 is 1.03 bits per heavy atom. The summed E-state index contributed by atoms with van der Waals surface area (Å²) in [5.41, 5.74) is 3.02. The Balaban J connectivity index is 1.44. The number of carbonyl (C=O) groups is 2. The van der Waals surface area contributed by atoms with Crippen LogP contribution >= 0.6 is 11.6 Å². The van der Waals surface area contributed by atoms with Crippen molar-refractivity contribution in [2.75, 3.05) is 26.2 Å². The Labute approximate surface area is 221 Å². The van der Waals surface area contributed by atoms with Gasteiger partial charge in [0.25, 0.3) is 5.91 Å². The molecule has 2 aliphatic heterocycles. The zero-order valence-electron chi connectivity index (χ0n) is 22.0. The zero-order valence-corrected chi connectivity index (χ0v) is 22.8. The van der Waals surface area contributed by atoms with Gasteiger partial charge < -0.3 is 15.5 Å². The maximum Gasteiger partial charge on any atom is 0.251 e. The van der Waals surface area contributed by atoms with Gasteiger partial charge in [-0.15, -0.1) is 0 Å². The van der Waals surface area contributed by atoms with Crippen molar-refractivity contribution in [3.8, 4) is 0 Å². The third-order valence-electron chi connectivity index (χ3n) is 7.99. The standard InChI is InChI=1S/C30H40ClN3O2/c1-20(2)27(33-28(35)24-7-5-6-23(18-24)21-12-15-32-16-13-21)29(36)34-17-14-26(30(3,4)19-34)22-8-10-25(31)11-9-22/h5-11,18,20-21,26-27,32H,12-17,19H2,1-4H3,(H,33,35)/t26-,27-/m1/s1. The SMILES string of the molecule is CC(C)[C@@H](NC(=O)c1cccc(C2CCNCC2)c1)C(=O)N1CC[C@H](c2ccc(Cl)cc2)C(C)(C)C1. The van der Waals surface area contributed by atoms with Crippen LogP contribution in [-0.2, 0) is 4.79 Å². The normalized spacial score (nSPS) is 21.3. The van der Waals surface area contributed by atoms with Gasteiger partial charge in [-0.1, -0.05) is 63.6 Å². The fraction of sp³-hybridized carbons (Fsp3) is 0.533. The summed E-state index contributed by atoms with van der Waals surface area (Å²) in [5, 5.41) is 7.21. The first kappa shape index (κ1) is 26.7. The van der Waals surface area contributed by atoms with Crippen LogP contribution < -0.4 is 10.6 Å². The molecule has 2 saturated heterocycles. The number of hydrogen-bond acceptors (Lipinski definition) is 3. The van der Waals surface area contributed by atoms with Crippen LogP contribution in [0.5, 0.6) is 0 Å². The lowest BCUT2D eigenvalue weighted by molar-refractivity contribution is -0.137. The summed E-state index contributed by atoms with van der Waals surface area (Å²) in [4.78, 5) is 28.9. The van der Waals surface area contributed by atoms with E-state index in [0.29, 0.717) is 30.5 Å². The van der Waals surface area contributed by atoms with Crippen LogP contribution in [-0.4, -0.2) is 48.9 Å². The Morgan fingerprint density at radius 2 is 1.72 bits per heavy atom. The summed E-state index contributed by atoms with van der Waals surface area (Å²) in [7, 11) is 0. The molecule has 2 amide bonds. The number of halogens is 1. The number of nitrogens with zero attached hydrogens (tertiary/aromatic N) is 1. The molecule has 0 aliphatic carbocycles. The quantitative estimate of drug-likeness (QED) is 0.532. The molecule has 0 unspecified atom stereocenters. The Bertz CT molecular complexity index is 1060. The molecule has 5 nitrogen and oxygen atoms in total. The molecule has 36 heavy (non-hydrogen) atoms. The predicted molar refractivity (Wildman–Crippen MR) is 147 cm³/mol. The Kier molecular flexibility index (Phi) is 8.41. The predicted octanol–water partition coefficient (Wildman–Crippen LogP) is 5.60. The molecular formula is C30H40ClN3O2. The van der Waals surface area contributed by atoms with Gasteiger partial charge in [-0.3, -0.25) is 9.59 Å². The first-order valence-corrected chi connectivity index (χ1v) is 13.7. The van der Waals surface area contributed by atoms with Gasteiger partial charge in [0.1, 0.15) is 6.04 Å². The number of hydrogen-bond donors (Lipinski definition) is 2. The lowest BCUT2D eigenvalue weighted by Crippen LogP contribution is -2.55. The van der Waals surface area contributed by atoms with E-state index in [2.05, 4.69) is 42.7 Å². The van der Waals surface area contributed by atoms with Gasteiger partial charge in [-0.25, -0.2) is 0 Å². The summed E-state index contributed by atoms with van der Waals surface area (Å²) in [6, 6.07) is 15.5. The van der Waals surface area contributed by atoms with Gasteiger partial charge in [-0.05, 0) is 90.9 Å². The maximum atomic E-state index is 13.7. The number of likely N-dealkylation sites (tertiary alicyclic amines) is 1. The lowest BCUT2D eigenvalue weighted by Gasteiger charge is -2.45. The average molecular weight is 510 g/mol. The fourth-order valence-corrected chi connectivity index (χ4v) is 6.01. The van der Waals surface area contributed by atoms with E-state index in [1.54, 1.807) is 0 Å². The van der Waals surface area contributed by atoms with Crippen molar-refractivity contribution in [3.63, 3.8) is 0 Å². The molecule has 2 N–H and O–H groups in total. The van der Waals surface area contributed by atoms with Crippen LogP contribution in [0.2, 0.25) is 5.02 Å². The van der Waals surface area contributed by atoms with E-state index in [1.165, 1.54) is 11.1 Å². The van der Waals surface area contributed by atoms with Crippen molar-refractivity contribution in [2.24, 2.45) is 11.3 Å². The second kappa shape index (κ2) is 11.4. The van der Waals surface area contributed by atoms with E-state index >= 15 is 0 Å². The van der Waals surface area contributed by atoms with Crippen LogP contribution in [0.15, 0.2) is 48.5 Å². The van der Waals surface area contributed by atoms with Crippen LogP contribution in [0.4, 0.5) is 0 Å². The van der Waals surface area contributed by atoms with Crippen molar-refractivity contribution in [1.29, 1.82) is 0 Å². The average Bonchev–Trinajstić information content (AvgIpc) is 2.87. The van der Waals surface area contributed by atoms with Gasteiger partial charge in [0.05, 0.1) is 0 Å². The summed E-state index contributed by atoms with van der Waals surface area (Å²) in [5.74, 6) is 0.657. The zero-order chi connectivity index (χ0) is 25.9. The van der Waals surface area contributed by atoms with E-state index in [9.17, 15) is 9.59 Å². The minimum absolute atomic E-state index is 0.00819. The van der Waals surface area contributed by atoms with Crippen LogP contribution in [0.3, 0.4) is 0 Å². The van der Waals surface area contributed by atoms with Crippen molar-refractivity contribution >= 4 is 23.4 Å². The van der Waals surface area contributed by atoms with E-state index in [4.69, 9.17) is 11.6 Å². The third-order valence-corrected chi connectivity index (χ3v) is 8.24. The first-order chi connectivity index (χ1) is 17.2. The smallest absolute Gasteiger partial charge is 0.251 e. The molecule has 2 fully saturated rings. The highest BCUT2D eigenvalue weighted by molar-refractivity contribution is 6.30. The summed E-state index contributed by atoms with van der Waals surface area (Å²) in [6.45, 7) is 11.8. The van der Waals surface area contributed by atoms with Gasteiger partial charge >= 0.3 is 0 Å². The van der Waals surface area contributed by atoms with Crippen molar-refractivity contribution in [3.05, 3.63) is 70.2 Å². The number of carbonyl (C=O) groups excluding carboxylic acids is 2. The maximum absolute atomic E-state index is 13.7. The molecule has 2 heterocycles. The van der Waals surface area contributed by atoms with Crippen molar-refractivity contribution in [2.45, 2.75) is 64.8 Å². The highest BCUT2D eigenvalue weighted by Crippen LogP contribution is 2.42. The monoisotopic (exact) mass is 509 g/mol. The van der Waals surface area contributed by atoms with E-state index in [1.807, 2.05) is 49.1 Å². The first-order valence-electron chi connectivity index (χ1n) is 13.3. The van der Waals surface area contributed by atoms with Crippen LogP contribution in [0.1, 0.15) is 80.3 Å². The number of nitrogens with one attached hydrogen (secondary N) is 2. The third kappa shape index (κ3) is 6.12. The molecule has 0 radical (unpaired) electrons. The van der Waals surface area contributed by atoms with E-state index in [0.717, 1.165) is 37.4 Å². The second-order valence-corrected chi connectivity index (χ2v) is 11.9. The van der Waals surface area contributed by atoms with Gasteiger partial charge in [0.15, 0.2) is 0 Å². The van der Waals surface area contributed by atoms with Crippen molar-refractivity contribution in [1.82, 2.24) is 15.5 Å². The summed E-state index contributed by atoms with van der Waals surface area (Å²) >= 11 is 6.09. The highest BCUT2D eigenvalue weighted by Gasteiger charge is 2.40. The number of benzene rings is 2. The van der Waals surface area contributed by atoms with E-state index < -0.39 is 6.04 Å².